The second-order valence-corrected chi connectivity index (χ2v) is 5.36. The number of anilines is 1. The van der Waals surface area contributed by atoms with E-state index in [9.17, 15) is 14.9 Å². The number of amides is 1. The molecule has 0 bridgehead atoms. The van der Waals surface area contributed by atoms with Gasteiger partial charge in [-0.2, -0.15) is 0 Å². The van der Waals surface area contributed by atoms with E-state index < -0.39 is 4.92 Å². The predicted octanol–water partition coefficient (Wildman–Crippen LogP) is 3.57. The monoisotopic (exact) mass is 304 g/mol. The fourth-order valence-corrected chi connectivity index (χ4v) is 2.56. The number of hydrogen-bond acceptors (Lipinski definition) is 4. The normalized spacial score (nSPS) is 14.3. The fraction of sp³-hybridized carbons (Fsp3) is 0.438. The van der Waals surface area contributed by atoms with Gasteiger partial charge < -0.3 is 10.1 Å². The lowest BCUT2D eigenvalue weighted by molar-refractivity contribution is -0.384. The van der Waals surface area contributed by atoms with E-state index in [0.29, 0.717) is 17.7 Å². The first kappa shape index (κ1) is 16.2. The molecule has 6 heteroatoms. The maximum absolute atomic E-state index is 12.1. The Hall–Kier alpha value is -2.21. The molecule has 1 aromatic rings. The zero-order chi connectivity index (χ0) is 15.9. The number of ether oxygens (including phenoxy) is 1. The third-order valence-corrected chi connectivity index (χ3v) is 3.65. The van der Waals surface area contributed by atoms with Crippen molar-refractivity contribution in [3.63, 3.8) is 0 Å². The van der Waals surface area contributed by atoms with Crippen molar-refractivity contribution in [3.05, 3.63) is 45.5 Å². The van der Waals surface area contributed by atoms with E-state index in [-0.39, 0.29) is 18.2 Å². The van der Waals surface area contributed by atoms with Gasteiger partial charge >= 0.3 is 0 Å². The summed E-state index contributed by atoms with van der Waals surface area (Å²) < 4.78 is 5.05. The highest BCUT2D eigenvalue weighted by molar-refractivity contribution is 5.93. The van der Waals surface area contributed by atoms with Crippen molar-refractivity contribution in [2.75, 3.05) is 12.4 Å². The number of hydrogen-bond donors (Lipinski definition) is 1. The van der Waals surface area contributed by atoms with Crippen LogP contribution in [-0.2, 0) is 16.1 Å². The van der Waals surface area contributed by atoms with E-state index in [1.807, 2.05) is 0 Å². The number of allylic oxidation sites excluding steroid dienone is 1. The first-order valence-electron chi connectivity index (χ1n) is 7.34. The summed E-state index contributed by atoms with van der Waals surface area (Å²) in [5.41, 5.74) is 2.32. The van der Waals surface area contributed by atoms with Crippen molar-refractivity contribution >= 4 is 17.3 Å². The highest BCUT2D eigenvalue weighted by atomic mass is 16.6. The van der Waals surface area contributed by atoms with Crippen molar-refractivity contribution in [1.82, 2.24) is 0 Å². The van der Waals surface area contributed by atoms with Crippen LogP contribution in [0.4, 0.5) is 11.4 Å². The summed E-state index contributed by atoms with van der Waals surface area (Å²) in [5.74, 6) is -0.0978. The largest absolute Gasteiger partial charge is 0.380 e. The van der Waals surface area contributed by atoms with E-state index in [2.05, 4.69) is 11.4 Å². The zero-order valence-corrected chi connectivity index (χ0v) is 12.6. The van der Waals surface area contributed by atoms with E-state index in [1.54, 1.807) is 6.07 Å². The van der Waals surface area contributed by atoms with Crippen LogP contribution in [0.15, 0.2) is 29.8 Å². The van der Waals surface area contributed by atoms with Gasteiger partial charge in [0.05, 0.1) is 11.5 Å². The molecule has 0 unspecified atom stereocenters. The van der Waals surface area contributed by atoms with Gasteiger partial charge in [-0.3, -0.25) is 14.9 Å². The highest BCUT2D eigenvalue weighted by Crippen LogP contribution is 2.24. The molecular weight excluding hydrogens is 284 g/mol. The highest BCUT2D eigenvalue weighted by Gasteiger charge is 2.14. The second-order valence-electron chi connectivity index (χ2n) is 5.36. The molecule has 1 aromatic carbocycles. The Morgan fingerprint density at radius 2 is 2.23 bits per heavy atom. The van der Waals surface area contributed by atoms with Gasteiger partial charge in [0.1, 0.15) is 0 Å². The number of nitro groups is 1. The van der Waals surface area contributed by atoms with E-state index >= 15 is 0 Å². The van der Waals surface area contributed by atoms with Crippen LogP contribution in [0.2, 0.25) is 0 Å². The van der Waals surface area contributed by atoms with Gasteiger partial charge in [-0.25, -0.2) is 0 Å². The molecule has 1 aliphatic carbocycles. The van der Waals surface area contributed by atoms with Gasteiger partial charge in [0, 0.05) is 36.9 Å². The average molecular weight is 304 g/mol. The van der Waals surface area contributed by atoms with Crippen molar-refractivity contribution in [2.45, 2.75) is 38.7 Å². The van der Waals surface area contributed by atoms with Crippen LogP contribution >= 0.6 is 0 Å². The molecule has 1 aliphatic rings. The number of carbonyl (C=O) groups is 1. The van der Waals surface area contributed by atoms with Crippen LogP contribution in [0.5, 0.6) is 0 Å². The van der Waals surface area contributed by atoms with Crippen LogP contribution in [0.3, 0.4) is 0 Å². The van der Waals surface area contributed by atoms with Gasteiger partial charge in [0.15, 0.2) is 0 Å². The number of nitro benzene ring substituents is 1. The Morgan fingerprint density at radius 1 is 1.41 bits per heavy atom. The van der Waals surface area contributed by atoms with Gasteiger partial charge in [-0.05, 0) is 31.7 Å². The third kappa shape index (κ3) is 4.39. The molecule has 1 N–H and O–H groups in total. The molecule has 0 aromatic heterocycles. The lowest BCUT2D eigenvalue weighted by Crippen LogP contribution is -2.14. The summed E-state index contributed by atoms with van der Waals surface area (Å²) >= 11 is 0. The molecule has 0 radical (unpaired) electrons. The number of benzene rings is 1. The number of methoxy groups -OCH3 is 1. The summed E-state index contributed by atoms with van der Waals surface area (Å²) in [5, 5.41) is 13.6. The molecule has 0 saturated heterocycles. The van der Waals surface area contributed by atoms with E-state index in [0.717, 1.165) is 19.3 Å². The van der Waals surface area contributed by atoms with Gasteiger partial charge in [0.25, 0.3) is 5.69 Å². The van der Waals surface area contributed by atoms with E-state index in [4.69, 9.17) is 4.74 Å². The topological polar surface area (TPSA) is 81.5 Å². The molecular formula is C16H20N2O4. The van der Waals surface area contributed by atoms with Gasteiger partial charge in [-0.15, -0.1) is 0 Å². The molecule has 0 heterocycles. The number of nitrogens with one attached hydrogen (secondary N) is 1. The summed E-state index contributed by atoms with van der Waals surface area (Å²) in [7, 11) is 1.51. The lowest BCUT2D eigenvalue weighted by atomic mass is 9.97. The first-order chi connectivity index (χ1) is 10.6. The molecule has 2 rings (SSSR count). The van der Waals surface area contributed by atoms with Crippen molar-refractivity contribution in [1.29, 1.82) is 0 Å². The minimum Gasteiger partial charge on any atom is -0.380 e. The van der Waals surface area contributed by atoms with Crippen LogP contribution in [0, 0.1) is 10.1 Å². The Morgan fingerprint density at radius 3 is 2.86 bits per heavy atom. The minimum atomic E-state index is -0.461. The Kier molecular flexibility index (Phi) is 5.66. The molecule has 22 heavy (non-hydrogen) atoms. The zero-order valence-electron chi connectivity index (χ0n) is 12.6. The van der Waals surface area contributed by atoms with Crippen LogP contribution < -0.4 is 5.32 Å². The lowest BCUT2D eigenvalue weighted by Gasteiger charge is -2.14. The van der Waals surface area contributed by atoms with Crippen LogP contribution in [0.1, 0.15) is 37.7 Å². The molecule has 0 fully saturated rings. The molecule has 1 amide bonds. The number of rotatable bonds is 6. The van der Waals surface area contributed by atoms with Gasteiger partial charge in [-0.1, -0.05) is 11.6 Å². The van der Waals surface area contributed by atoms with Crippen LogP contribution in [0.25, 0.3) is 0 Å². The maximum atomic E-state index is 12.1. The molecule has 0 aliphatic heterocycles. The smallest absolute Gasteiger partial charge is 0.269 e. The molecule has 0 saturated carbocycles. The predicted molar refractivity (Wildman–Crippen MR) is 83.6 cm³/mol. The van der Waals surface area contributed by atoms with E-state index in [1.165, 1.54) is 31.2 Å². The fourth-order valence-electron chi connectivity index (χ4n) is 2.56. The number of nitrogens with zero attached hydrogens (tertiary/aromatic N) is 1. The average Bonchev–Trinajstić information content (AvgIpc) is 2.50. The minimum absolute atomic E-state index is 0.0139. The summed E-state index contributed by atoms with van der Waals surface area (Å²) in [4.78, 5) is 22.5. The maximum Gasteiger partial charge on any atom is 0.269 e. The second kappa shape index (κ2) is 7.70. The molecule has 0 spiro atoms. The first-order valence-corrected chi connectivity index (χ1v) is 7.34. The molecule has 6 nitrogen and oxygen atoms in total. The van der Waals surface area contributed by atoms with Crippen molar-refractivity contribution in [3.8, 4) is 0 Å². The SMILES string of the molecule is COCc1cc([N+](=O)[O-])ccc1NC(=O)CC1=CCCCC1. The van der Waals surface area contributed by atoms with Crippen molar-refractivity contribution in [2.24, 2.45) is 0 Å². The summed E-state index contributed by atoms with van der Waals surface area (Å²) in [6, 6.07) is 4.37. The Labute approximate surface area is 129 Å². The summed E-state index contributed by atoms with van der Waals surface area (Å²) in [6.07, 6.45) is 6.84. The molecule has 0 atom stereocenters. The van der Waals surface area contributed by atoms with Gasteiger partial charge in [0.2, 0.25) is 5.91 Å². The number of carbonyl (C=O) groups excluding carboxylic acids is 1. The summed E-state index contributed by atoms with van der Waals surface area (Å²) in [6.45, 7) is 0.208. The van der Waals surface area contributed by atoms with Crippen LogP contribution in [-0.4, -0.2) is 17.9 Å². The quantitative estimate of drug-likeness (QED) is 0.495. The molecule has 118 valence electrons. The van der Waals surface area contributed by atoms with Crippen molar-refractivity contribution < 1.29 is 14.5 Å². The Balaban J connectivity index is 2.08. The third-order valence-electron chi connectivity index (χ3n) is 3.65. The Bertz CT molecular complexity index is 596. The number of non-ortho nitro benzene ring substituents is 1. The standard InChI is InChI=1S/C16H20N2O4/c1-22-11-13-10-14(18(20)21)7-8-15(13)17-16(19)9-12-5-3-2-4-6-12/h5,7-8,10H,2-4,6,9,11H2,1H3,(H,17,19).